The molecule has 22 heavy (non-hydrogen) atoms. The number of rotatable bonds is 5. The van der Waals surface area contributed by atoms with E-state index in [0.717, 1.165) is 6.42 Å². The average molecular weight is 489 g/mol. The van der Waals surface area contributed by atoms with E-state index in [2.05, 4.69) is 6.07 Å². The second-order valence-corrected chi connectivity index (χ2v) is 5.69. The van der Waals surface area contributed by atoms with Crippen molar-refractivity contribution in [3.05, 3.63) is 50.1 Å². The summed E-state index contributed by atoms with van der Waals surface area (Å²) >= 11 is 1.96. The summed E-state index contributed by atoms with van der Waals surface area (Å²) in [5, 5.41) is 0. The molecule has 0 bridgehead atoms. The second kappa shape index (κ2) is 9.13. The van der Waals surface area contributed by atoms with Crippen LogP contribution in [-0.2, 0) is 39.3 Å². The van der Waals surface area contributed by atoms with Crippen molar-refractivity contribution < 1.29 is 41.8 Å². The Hall–Kier alpha value is -0.266. The molecule has 115 valence electrons. The Labute approximate surface area is 168 Å². The SMILES string of the molecule is CCCOc1ccc(-c2[c-]cc(I)c(=O)n2CC)c(F)c1.[Y]. The Morgan fingerprint density at radius 1 is 1.36 bits per heavy atom. The van der Waals surface area contributed by atoms with Gasteiger partial charge in [0, 0.05) is 45.3 Å². The van der Waals surface area contributed by atoms with Gasteiger partial charge in [0.2, 0.25) is 5.56 Å². The van der Waals surface area contributed by atoms with Gasteiger partial charge in [0.25, 0.3) is 0 Å². The first-order chi connectivity index (χ1) is 10.1. The van der Waals surface area contributed by atoms with E-state index in [1.54, 1.807) is 18.2 Å². The van der Waals surface area contributed by atoms with Crippen molar-refractivity contribution in [3.8, 4) is 17.0 Å². The molecular weight excluding hydrogens is 473 g/mol. The smallest absolute Gasteiger partial charge is 0.207 e. The van der Waals surface area contributed by atoms with Gasteiger partial charge in [0.1, 0.15) is 5.75 Å². The van der Waals surface area contributed by atoms with Crippen LogP contribution in [-0.4, -0.2) is 11.2 Å². The van der Waals surface area contributed by atoms with Crippen LogP contribution < -0.4 is 10.3 Å². The number of hydrogen-bond donors (Lipinski definition) is 0. The van der Waals surface area contributed by atoms with Crippen LogP contribution in [0.4, 0.5) is 4.39 Å². The first kappa shape index (κ1) is 19.8. The third-order valence-electron chi connectivity index (χ3n) is 3.04. The maximum absolute atomic E-state index is 14.3. The minimum absolute atomic E-state index is 0. The number of pyridine rings is 1. The molecule has 2 aromatic rings. The minimum atomic E-state index is -0.414. The van der Waals surface area contributed by atoms with Crippen LogP contribution in [0.5, 0.6) is 5.75 Å². The molecule has 0 aliphatic rings. The fraction of sp³-hybridized carbons (Fsp3) is 0.312. The summed E-state index contributed by atoms with van der Waals surface area (Å²) in [6.07, 6.45) is 0.865. The molecule has 0 atom stereocenters. The van der Waals surface area contributed by atoms with Crippen molar-refractivity contribution in [2.24, 2.45) is 0 Å². The molecule has 0 unspecified atom stereocenters. The number of nitrogens with zero attached hydrogens (tertiary/aromatic N) is 1. The van der Waals surface area contributed by atoms with E-state index in [0.29, 0.717) is 33.7 Å². The van der Waals surface area contributed by atoms with Gasteiger partial charge in [-0.2, -0.15) is 12.1 Å². The Bertz CT molecular complexity index is 703. The molecule has 0 amide bonds. The number of ether oxygens (including phenoxy) is 1. The maximum atomic E-state index is 14.3. The zero-order valence-corrected chi connectivity index (χ0v) is 17.5. The van der Waals surface area contributed by atoms with Crippen LogP contribution in [0.1, 0.15) is 20.3 Å². The topological polar surface area (TPSA) is 31.2 Å². The van der Waals surface area contributed by atoms with E-state index in [-0.39, 0.29) is 38.3 Å². The molecule has 0 aliphatic heterocycles. The van der Waals surface area contributed by atoms with Crippen molar-refractivity contribution in [3.63, 3.8) is 0 Å². The average Bonchev–Trinajstić information content (AvgIpc) is 2.48. The zero-order chi connectivity index (χ0) is 15.4. The van der Waals surface area contributed by atoms with Gasteiger partial charge in [0.05, 0.1) is 12.4 Å². The predicted molar refractivity (Wildman–Crippen MR) is 89.1 cm³/mol. The van der Waals surface area contributed by atoms with Crippen LogP contribution in [0.2, 0.25) is 0 Å². The third kappa shape index (κ3) is 4.39. The molecule has 1 aromatic carbocycles. The van der Waals surface area contributed by atoms with Crippen molar-refractivity contribution in [2.75, 3.05) is 6.61 Å². The normalized spacial score (nSPS) is 10.2. The largest absolute Gasteiger partial charge is 0.494 e. The summed E-state index contributed by atoms with van der Waals surface area (Å²) in [5.41, 5.74) is 0.689. The Morgan fingerprint density at radius 3 is 2.68 bits per heavy atom. The summed E-state index contributed by atoms with van der Waals surface area (Å²) < 4.78 is 21.8. The molecule has 2 rings (SSSR count). The van der Waals surface area contributed by atoms with Crippen molar-refractivity contribution >= 4 is 22.6 Å². The molecule has 6 heteroatoms. The Morgan fingerprint density at radius 2 is 2.09 bits per heavy atom. The summed E-state index contributed by atoms with van der Waals surface area (Å²) in [4.78, 5) is 12.1. The molecule has 1 radical (unpaired) electrons. The van der Waals surface area contributed by atoms with E-state index in [9.17, 15) is 9.18 Å². The van der Waals surface area contributed by atoms with Gasteiger partial charge in [-0.1, -0.05) is 18.2 Å². The number of hydrogen-bond acceptors (Lipinski definition) is 2. The van der Waals surface area contributed by atoms with Gasteiger partial charge in [0.15, 0.2) is 0 Å². The zero-order valence-electron chi connectivity index (χ0n) is 12.5. The summed E-state index contributed by atoms with van der Waals surface area (Å²) in [5.74, 6) is 0.0802. The van der Waals surface area contributed by atoms with Crippen molar-refractivity contribution in [2.45, 2.75) is 26.8 Å². The van der Waals surface area contributed by atoms with E-state index >= 15 is 0 Å². The van der Waals surface area contributed by atoms with E-state index in [1.165, 1.54) is 10.6 Å². The first-order valence-corrected chi connectivity index (χ1v) is 7.90. The first-order valence-electron chi connectivity index (χ1n) is 6.82. The summed E-state index contributed by atoms with van der Waals surface area (Å²) in [7, 11) is 0. The molecule has 0 spiro atoms. The fourth-order valence-corrected chi connectivity index (χ4v) is 2.47. The van der Waals surface area contributed by atoms with Gasteiger partial charge in [-0.05, 0) is 23.0 Å². The van der Waals surface area contributed by atoms with E-state index in [4.69, 9.17) is 4.74 Å². The van der Waals surface area contributed by atoms with Gasteiger partial charge in [-0.3, -0.25) is 4.79 Å². The van der Waals surface area contributed by atoms with Crippen LogP contribution in [0, 0.1) is 15.5 Å². The summed E-state index contributed by atoms with van der Waals surface area (Å²) in [6, 6.07) is 9.27. The predicted octanol–water partition coefficient (Wildman–Crippen LogP) is 3.87. The van der Waals surface area contributed by atoms with Crippen LogP contribution >= 0.6 is 22.6 Å². The Kier molecular flexibility index (Phi) is 8.21. The number of aromatic nitrogens is 1. The van der Waals surface area contributed by atoms with Crippen LogP contribution in [0.3, 0.4) is 0 Å². The van der Waals surface area contributed by atoms with Crippen LogP contribution in [0.25, 0.3) is 11.3 Å². The van der Waals surface area contributed by atoms with Crippen molar-refractivity contribution in [1.82, 2.24) is 4.57 Å². The fourth-order valence-electron chi connectivity index (χ4n) is 2.02. The van der Waals surface area contributed by atoms with Crippen LogP contribution in [0.15, 0.2) is 29.1 Å². The van der Waals surface area contributed by atoms with Gasteiger partial charge < -0.3 is 9.30 Å². The van der Waals surface area contributed by atoms with Gasteiger partial charge >= 0.3 is 0 Å². The molecule has 1 heterocycles. The Balaban J connectivity index is 0.00000242. The molecule has 0 fully saturated rings. The molecule has 0 saturated carbocycles. The molecule has 1 aromatic heterocycles. The molecule has 0 saturated heterocycles. The number of benzene rings is 1. The van der Waals surface area contributed by atoms with E-state index < -0.39 is 5.82 Å². The molecule has 0 N–H and O–H groups in total. The summed E-state index contributed by atoms with van der Waals surface area (Å²) in [6.45, 7) is 4.86. The van der Waals surface area contributed by atoms with Gasteiger partial charge in [-0.25, -0.2) is 4.39 Å². The quantitative estimate of drug-likeness (QED) is 0.472. The molecule has 0 aliphatic carbocycles. The number of halogens is 2. The maximum Gasteiger partial charge on any atom is 0.207 e. The van der Waals surface area contributed by atoms with Crippen molar-refractivity contribution in [1.29, 1.82) is 0 Å². The standard InChI is InChI=1S/C16H16FINO2.Y/c1-3-9-21-11-5-6-12(13(17)10-11)15-8-7-14(18)16(20)19(15)4-2;/h5-7,10H,3-4,9H2,1-2H3;/q-1;. The minimum Gasteiger partial charge on any atom is -0.494 e. The van der Waals surface area contributed by atoms with Gasteiger partial charge in [-0.15, -0.1) is 28.7 Å². The van der Waals surface area contributed by atoms with E-state index in [1.807, 2.05) is 36.4 Å². The second-order valence-electron chi connectivity index (χ2n) is 4.52. The molecular formula is C16H16FINO2Y-. The monoisotopic (exact) mass is 489 g/mol. The molecule has 3 nitrogen and oxygen atoms in total. The third-order valence-corrected chi connectivity index (χ3v) is 3.81.